The van der Waals surface area contributed by atoms with Crippen LogP contribution in [0.1, 0.15) is 33.4 Å². The Morgan fingerprint density at radius 3 is 2.28 bits per heavy atom. The van der Waals surface area contributed by atoms with Gasteiger partial charge in [0.15, 0.2) is 11.5 Å². The van der Waals surface area contributed by atoms with Crippen LogP contribution < -0.4 is 14.4 Å². The molecule has 1 saturated heterocycles. The number of para-hydroxylation sites is 1. The van der Waals surface area contributed by atoms with Crippen LogP contribution in [0.4, 0.5) is 5.69 Å². The van der Waals surface area contributed by atoms with E-state index in [1.54, 1.807) is 43.6 Å². The molecule has 8 nitrogen and oxygen atoms in total. The van der Waals surface area contributed by atoms with Gasteiger partial charge in [0, 0.05) is 56.9 Å². The van der Waals surface area contributed by atoms with E-state index in [2.05, 4.69) is 22.0 Å². The first-order valence-corrected chi connectivity index (χ1v) is 12.0. The highest BCUT2D eigenvalue weighted by molar-refractivity contribution is 6.02. The quantitative estimate of drug-likeness (QED) is 0.551. The van der Waals surface area contributed by atoms with Crippen molar-refractivity contribution in [2.45, 2.75) is 12.0 Å². The summed E-state index contributed by atoms with van der Waals surface area (Å²) in [5, 5.41) is 0. The van der Waals surface area contributed by atoms with E-state index in [1.165, 1.54) is 7.11 Å². The van der Waals surface area contributed by atoms with E-state index in [9.17, 15) is 9.59 Å². The summed E-state index contributed by atoms with van der Waals surface area (Å²) in [6, 6.07) is 17.0. The van der Waals surface area contributed by atoms with E-state index in [0.29, 0.717) is 35.7 Å². The van der Waals surface area contributed by atoms with Gasteiger partial charge >= 0.3 is 0 Å². The smallest absolute Gasteiger partial charge is 0.254 e. The van der Waals surface area contributed by atoms with Crippen molar-refractivity contribution in [2.24, 2.45) is 0 Å². The van der Waals surface area contributed by atoms with E-state index >= 15 is 0 Å². The Kier molecular flexibility index (Phi) is 6.50. The predicted octanol–water partition coefficient (Wildman–Crippen LogP) is 3.36. The summed E-state index contributed by atoms with van der Waals surface area (Å²) in [4.78, 5) is 37.8. The molecule has 186 valence electrons. The fourth-order valence-electron chi connectivity index (χ4n) is 5.30. The Labute approximate surface area is 211 Å². The molecule has 0 spiro atoms. The summed E-state index contributed by atoms with van der Waals surface area (Å²) in [7, 11) is 4.83. The Morgan fingerprint density at radius 1 is 0.944 bits per heavy atom. The van der Waals surface area contributed by atoms with Crippen molar-refractivity contribution in [3.8, 4) is 11.5 Å². The topological polar surface area (TPSA) is 75.2 Å². The Morgan fingerprint density at radius 2 is 1.64 bits per heavy atom. The molecule has 2 aliphatic rings. The monoisotopic (exact) mass is 486 g/mol. The molecule has 0 bridgehead atoms. The normalized spacial score (nSPS) is 19.6. The van der Waals surface area contributed by atoms with Gasteiger partial charge in [0.05, 0.1) is 26.2 Å². The molecule has 36 heavy (non-hydrogen) atoms. The van der Waals surface area contributed by atoms with Gasteiger partial charge in [-0.25, -0.2) is 0 Å². The van der Waals surface area contributed by atoms with Gasteiger partial charge in [-0.15, -0.1) is 0 Å². The van der Waals surface area contributed by atoms with Gasteiger partial charge in [-0.3, -0.25) is 14.6 Å². The molecule has 0 aliphatic carbocycles. The lowest BCUT2D eigenvalue weighted by molar-refractivity contribution is -0.134. The van der Waals surface area contributed by atoms with Crippen molar-refractivity contribution < 1.29 is 19.1 Å². The van der Waals surface area contributed by atoms with Crippen molar-refractivity contribution in [1.29, 1.82) is 0 Å². The number of rotatable bonds is 5. The van der Waals surface area contributed by atoms with E-state index < -0.39 is 12.0 Å². The first-order valence-electron chi connectivity index (χ1n) is 12.0. The molecule has 1 fully saturated rings. The number of anilines is 1. The van der Waals surface area contributed by atoms with Crippen LogP contribution in [-0.2, 0) is 4.79 Å². The maximum atomic E-state index is 14.2. The molecule has 2 aromatic carbocycles. The lowest BCUT2D eigenvalue weighted by Crippen LogP contribution is -2.53. The number of likely N-dealkylation sites (N-methyl/N-ethyl adjacent to an activating group) is 1. The molecule has 8 heteroatoms. The highest BCUT2D eigenvalue weighted by Crippen LogP contribution is 2.46. The number of nitrogens with zero attached hydrogens (tertiary/aromatic N) is 4. The van der Waals surface area contributed by atoms with Crippen LogP contribution in [0, 0.1) is 0 Å². The van der Waals surface area contributed by atoms with Crippen LogP contribution in [0.15, 0.2) is 67.0 Å². The molecule has 3 heterocycles. The van der Waals surface area contributed by atoms with E-state index in [0.717, 1.165) is 24.3 Å². The van der Waals surface area contributed by atoms with Crippen LogP contribution in [0.2, 0.25) is 0 Å². The second-order valence-corrected chi connectivity index (χ2v) is 9.07. The van der Waals surface area contributed by atoms with Gasteiger partial charge in [0.2, 0.25) is 5.91 Å². The van der Waals surface area contributed by atoms with Crippen LogP contribution in [-0.4, -0.2) is 74.0 Å². The first-order chi connectivity index (χ1) is 17.5. The summed E-state index contributed by atoms with van der Waals surface area (Å²) >= 11 is 0. The largest absolute Gasteiger partial charge is 0.493 e. The number of amides is 2. The van der Waals surface area contributed by atoms with E-state index in [4.69, 9.17) is 9.47 Å². The van der Waals surface area contributed by atoms with Gasteiger partial charge in [0.25, 0.3) is 5.91 Å². The minimum atomic E-state index is -0.602. The third kappa shape index (κ3) is 4.12. The fraction of sp³-hybridized carbons (Fsp3) is 0.321. The maximum Gasteiger partial charge on any atom is 0.254 e. The van der Waals surface area contributed by atoms with Crippen LogP contribution in [0.25, 0.3) is 0 Å². The second-order valence-electron chi connectivity index (χ2n) is 9.07. The fourth-order valence-corrected chi connectivity index (χ4v) is 5.30. The predicted molar refractivity (Wildman–Crippen MR) is 137 cm³/mol. The van der Waals surface area contributed by atoms with Crippen molar-refractivity contribution in [3.05, 3.63) is 83.7 Å². The van der Waals surface area contributed by atoms with Gasteiger partial charge in [-0.2, -0.15) is 0 Å². The van der Waals surface area contributed by atoms with Gasteiger partial charge in [0.1, 0.15) is 0 Å². The number of hydrogen-bond acceptors (Lipinski definition) is 6. The lowest BCUT2D eigenvalue weighted by atomic mass is 9.79. The molecule has 0 radical (unpaired) electrons. The standard InChI is InChI=1S/C28H30N4O4/c1-30-26(19-8-7-11-29-18-19)25(21-16-23(35-2)24(36-3)17-22(21)27(30)33)28(34)32-14-12-31(13-15-32)20-9-5-4-6-10-20/h4-11,16-18,25-26H,12-15H2,1-3H3. The summed E-state index contributed by atoms with van der Waals surface area (Å²) in [6.45, 7) is 2.69. The van der Waals surface area contributed by atoms with Crippen molar-refractivity contribution >= 4 is 17.5 Å². The number of aromatic nitrogens is 1. The zero-order valence-corrected chi connectivity index (χ0v) is 20.8. The van der Waals surface area contributed by atoms with Crippen molar-refractivity contribution in [3.63, 3.8) is 0 Å². The maximum absolute atomic E-state index is 14.2. The Hall–Kier alpha value is -4.07. The van der Waals surface area contributed by atoms with Gasteiger partial charge < -0.3 is 24.2 Å². The van der Waals surface area contributed by atoms with E-state index in [-0.39, 0.29) is 11.8 Å². The molecule has 2 aliphatic heterocycles. The molecule has 2 amide bonds. The molecule has 0 N–H and O–H groups in total. The average Bonchev–Trinajstić information content (AvgIpc) is 2.94. The summed E-state index contributed by atoms with van der Waals surface area (Å²) in [5.41, 5.74) is 3.08. The van der Waals surface area contributed by atoms with Crippen molar-refractivity contribution in [1.82, 2.24) is 14.8 Å². The number of carbonyl (C=O) groups excluding carboxylic acids is 2. The molecule has 2 atom stereocenters. The number of pyridine rings is 1. The minimum absolute atomic E-state index is 0.00983. The summed E-state index contributed by atoms with van der Waals surface area (Å²) in [5.74, 6) is 0.169. The third-order valence-corrected chi connectivity index (χ3v) is 7.18. The zero-order valence-electron chi connectivity index (χ0n) is 20.8. The number of methoxy groups -OCH3 is 2. The number of hydrogen-bond donors (Lipinski definition) is 0. The third-order valence-electron chi connectivity index (χ3n) is 7.18. The molecular weight excluding hydrogens is 456 g/mol. The molecule has 1 aromatic heterocycles. The Balaban J connectivity index is 1.53. The number of piperazine rings is 1. The highest BCUT2D eigenvalue weighted by atomic mass is 16.5. The zero-order chi connectivity index (χ0) is 25.2. The molecule has 2 unspecified atom stereocenters. The molecule has 5 rings (SSSR count). The Bertz CT molecular complexity index is 1240. The second kappa shape index (κ2) is 9.89. The van der Waals surface area contributed by atoms with Crippen LogP contribution >= 0.6 is 0 Å². The van der Waals surface area contributed by atoms with Gasteiger partial charge in [-0.1, -0.05) is 24.3 Å². The molecular formula is C28H30N4O4. The number of ether oxygens (including phenoxy) is 2. The summed E-state index contributed by atoms with van der Waals surface area (Å²) < 4.78 is 11.0. The number of carbonyl (C=O) groups is 2. The summed E-state index contributed by atoms with van der Waals surface area (Å²) in [6.07, 6.45) is 3.42. The van der Waals surface area contributed by atoms with Crippen LogP contribution in [0.5, 0.6) is 11.5 Å². The number of benzene rings is 2. The highest BCUT2D eigenvalue weighted by Gasteiger charge is 2.45. The molecule has 3 aromatic rings. The van der Waals surface area contributed by atoms with Gasteiger partial charge in [-0.05, 0) is 41.5 Å². The van der Waals surface area contributed by atoms with Crippen LogP contribution in [0.3, 0.4) is 0 Å². The minimum Gasteiger partial charge on any atom is -0.493 e. The van der Waals surface area contributed by atoms with Crippen molar-refractivity contribution in [2.75, 3.05) is 52.3 Å². The van der Waals surface area contributed by atoms with E-state index in [1.807, 2.05) is 35.2 Å². The number of fused-ring (bicyclic) bond motifs is 1. The molecule has 0 saturated carbocycles. The average molecular weight is 487 g/mol. The lowest BCUT2D eigenvalue weighted by Gasteiger charge is -2.43. The SMILES string of the molecule is COc1cc2c(cc1OC)C(C(=O)N1CCN(c3ccccc3)CC1)C(c1cccnc1)N(C)C2=O. The first kappa shape index (κ1) is 23.7.